The fourth-order valence-electron chi connectivity index (χ4n) is 2.35. The molecule has 2 N–H and O–H groups in total. The molecule has 0 bridgehead atoms. The Hall–Kier alpha value is -1.13. The Balaban J connectivity index is 1.91. The molecular weight excluding hydrogens is 226 g/mol. The average molecular weight is 249 g/mol. The highest BCUT2D eigenvalue weighted by Gasteiger charge is 2.22. The van der Waals surface area contributed by atoms with Crippen LogP contribution < -0.4 is 10.5 Å². The molecule has 0 atom stereocenters. The summed E-state index contributed by atoms with van der Waals surface area (Å²) in [7, 11) is 0. The maximum atomic E-state index is 5.99. The zero-order chi connectivity index (χ0) is 13.0. The molecule has 0 saturated carbocycles. The lowest BCUT2D eigenvalue weighted by Gasteiger charge is -2.34. The highest BCUT2D eigenvalue weighted by molar-refractivity contribution is 5.25. The Bertz CT molecular complexity index is 373. The van der Waals surface area contributed by atoms with Crippen molar-refractivity contribution in [2.75, 3.05) is 13.1 Å². The fraction of sp³-hybridized carbons (Fsp3) is 0.643. The molecule has 0 spiro atoms. The van der Waals surface area contributed by atoms with Crippen molar-refractivity contribution in [3.8, 4) is 5.88 Å². The van der Waals surface area contributed by atoms with Gasteiger partial charge in [0.25, 0.3) is 0 Å². The highest BCUT2D eigenvalue weighted by atomic mass is 16.5. The van der Waals surface area contributed by atoms with Gasteiger partial charge >= 0.3 is 0 Å². The van der Waals surface area contributed by atoms with E-state index in [1.54, 1.807) is 6.20 Å². The van der Waals surface area contributed by atoms with Crippen LogP contribution in [0.5, 0.6) is 5.88 Å². The second-order valence-electron chi connectivity index (χ2n) is 5.12. The first-order valence-corrected chi connectivity index (χ1v) is 6.75. The Morgan fingerprint density at radius 3 is 2.78 bits per heavy atom. The summed E-state index contributed by atoms with van der Waals surface area (Å²) in [5.41, 5.74) is 6.68. The van der Waals surface area contributed by atoms with Gasteiger partial charge in [-0.3, -0.25) is 0 Å². The van der Waals surface area contributed by atoms with E-state index < -0.39 is 0 Å². The van der Waals surface area contributed by atoms with Crippen LogP contribution >= 0.6 is 0 Å². The molecule has 1 aromatic rings. The summed E-state index contributed by atoms with van der Waals surface area (Å²) in [5.74, 6) is 0.711. The van der Waals surface area contributed by atoms with E-state index in [0.29, 0.717) is 18.5 Å². The molecular formula is C14H23N3O. The molecule has 0 aromatic carbocycles. The van der Waals surface area contributed by atoms with E-state index in [-0.39, 0.29) is 6.10 Å². The van der Waals surface area contributed by atoms with Crippen LogP contribution in [-0.2, 0) is 6.54 Å². The minimum Gasteiger partial charge on any atom is -0.474 e. The van der Waals surface area contributed by atoms with Gasteiger partial charge in [0, 0.05) is 37.4 Å². The minimum absolute atomic E-state index is 0.278. The van der Waals surface area contributed by atoms with E-state index in [1.165, 1.54) is 0 Å². The van der Waals surface area contributed by atoms with E-state index in [0.717, 1.165) is 31.5 Å². The van der Waals surface area contributed by atoms with E-state index in [2.05, 4.69) is 23.7 Å². The normalized spacial score (nSPS) is 18.2. The molecule has 1 aliphatic heterocycles. The summed E-state index contributed by atoms with van der Waals surface area (Å²) in [6.45, 7) is 7.17. The summed E-state index contributed by atoms with van der Waals surface area (Å²) in [5, 5.41) is 0. The van der Waals surface area contributed by atoms with Crippen molar-refractivity contribution < 1.29 is 4.74 Å². The molecule has 4 nitrogen and oxygen atoms in total. The molecule has 0 unspecified atom stereocenters. The lowest BCUT2D eigenvalue weighted by atomic mass is 10.1. The number of hydrogen-bond donors (Lipinski definition) is 1. The molecule has 0 amide bonds. The van der Waals surface area contributed by atoms with Crippen LogP contribution in [0.4, 0.5) is 0 Å². The van der Waals surface area contributed by atoms with Crippen LogP contribution in [0.25, 0.3) is 0 Å². The first-order valence-electron chi connectivity index (χ1n) is 6.75. The van der Waals surface area contributed by atoms with Gasteiger partial charge in [0.1, 0.15) is 6.10 Å². The third-order valence-electron chi connectivity index (χ3n) is 3.56. The SMILES string of the molecule is CC(C)N1CCC(Oc2ncccc2CN)CC1. The van der Waals surface area contributed by atoms with Crippen molar-refractivity contribution in [2.45, 2.75) is 45.4 Å². The van der Waals surface area contributed by atoms with Gasteiger partial charge in [-0.2, -0.15) is 0 Å². The van der Waals surface area contributed by atoms with E-state index in [1.807, 2.05) is 12.1 Å². The molecule has 1 aromatic heterocycles. The summed E-state index contributed by atoms with van der Waals surface area (Å²) < 4.78 is 5.99. The number of likely N-dealkylation sites (tertiary alicyclic amines) is 1. The molecule has 2 rings (SSSR count). The topological polar surface area (TPSA) is 51.4 Å². The lowest BCUT2D eigenvalue weighted by molar-refractivity contribution is 0.0805. The Labute approximate surface area is 109 Å². The zero-order valence-electron chi connectivity index (χ0n) is 11.3. The van der Waals surface area contributed by atoms with Gasteiger partial charge in [-0.1, -0.05) is 6.07 Å². The van der Waals surface area contributed by atoms with Crippen molar-refractivity contribution in [1.82, 2.24) is 9.88 Å². The van der Waals surface area contributed by atoms with E-state index in [4.69, 9.17) is 10.5 Å². The third kappa shape index (κ3) is 3.21. The Morgan fingerprint density at radius 1 is 1.44 bits per heavy atom. The number of hydrogen-bond acceptors (Lipinski definition) is 4. The molecule has 0 aliphatic carbocycles. The predicted octanol–water partition coefficient (Wildman–Crippen LogP) is 1.79. The molecule has 1 saturated heterocycles. The summed E-state index contributed by atoms with van der Waals surface area (Å²) in [6.07, 6.45) is 4.18. The Morgan fingerprint density at radius 2 is 2.17 bits per heavy atom. The van der Waals surface area contributed by atoms with Crippen LogP contribution in [0.2, 0.25) is 0 Å². The van der Waals surface area contributed by atoms with Crippen LogP contribution in [0.1, 0.15) is 32.3 Å². The van der Waals surface area contributed by atoms with Gasteiger partial charge in [0.15, 0.2) is 0 Å². The molecule has 100 valence electrons. The van der Waals surface area contributed by atoms with Gasteiger partial charge in [-0.05, 0) is 32.8 Å². The predicted molar refractivity (Wildman–Crippen MR) is 72.5 cm³/mol. The molecule has 0 radical (unpaired) electrons. The van der Waals surface area contributed by atoms with Gasteiger partial charge in [-0.25, -0.2) is 4.98 Å². The van der Waals surface area contributed by atoms with Crippen molar-refractivity contribution in [1.29, 1.82) is 0 Å². The van der Waals surface area contributed by atoms with Gasteiger partial charge in [-0.15, -0.1) is 0 Å². The standard InChI is InChI=1S/C14H23N3O/c1-11(2)17-8-5-13(6-9-17)18-14-12(10-15)4-3-7-16-14/h3-4,7,11,13H,5-6,8-10,15H2,1-2H3. The highest BCUT2D eigenvalue weighted by Crippen LogP contribution is 2.21. The van der Waals surface area contributed by atoms with E-state index in [9.17, 15) is 0 Å². The molecule has 2 heterocycles. The first-order chi connectivity index (χ1) is 8.70. The number of pyridine rings is 1. The second kappa shape index (κ2) is 6.16. The number of aromatic nitrogens is 1. The van der Waals surface area contributed by atoms with Gasteiger partial charge in [0.2, 0.25) is 5.88 Å². The molecule has 4 heteroatoms. The lowest BCUT2D eigenvalue weighted by Crippen LogP contribution is -2.41. The van der Waals surface area contributed by atoms with Gasteiger partial charge in [0.05, 0.1) is 0 Å². The summed E-state index contributed by atoms with van der Waals surface area (Å²) in [4.78, 5) is 6.77. The van der Waals surface area contributed by atoms with Crippen molar-refractivity contribution in [2.24, 2.45) is 5.73 Å². The largest absolute Gasteiger partial charge is 0.474 e. The second-order valence-corrected chi connectivity index (χ2v) is 5.12. The van der Waals surface area contributed by atoms with Crippen molar-refractivity contribution in [3.63, 3.8) is 0 Å². The number of nitrogens with two attached hydrogens (primary N) is 1. The first kappa shape index (κ1) is 13.3. The monoisotopic (exact) mass is 249 g/mol. The van der Waals surface area contributed by atoms with Gasteiger partial charge < -0.3 is 15.4 Å². The van der Waals surface area contributed by atoms with Crippen LogP contribution in [-0.4, -0.2) is 35.1 Å². The number of ether oxygens (including phenoxy) is 1. The molecule has 1 fully saturated rings. The summed E-state index contributed by atoms with van der Waals surface area (Å²) in [6, 6.07) is 4.50. The minimum atomic E-state index is 0.278. The smallest absolute Gasteiger partial charge is 0.218 e. The van der Waals surface area contributed by atoms with Crippen molar-refractivity contribution in [3.05, 3.63) is 23.9 Å². The fourth-order valence-corrected chi connectivity index (χ4v) is 2.35. The number of piperidine rings is 1. The zero-order valence-corrected chi connectivity index (χ0v) is 11.3. The van der Waals surface area contributed by atoms with E-state index >= 15 is 0 Å². The number of rotatable bonds is 4. The third-order valence-corrected chi connectivity index (χ3v) is 3.56. The quantitative estimate of drug-likeness (QED) is 0.884. The molecule has 18 heavy (non-hydrogen) atoms. The van der Waals surface area contributed by atoms with Crippen LogP contribution in [0.15, 0.2) is 18.3 Å². The van der Waals surface area contributed by atoms with Crippen molar-refractivity contribution >= 4 is 0 Å². The summed E-state index contributed by atoms with van der Waals surface area (Å²) >= 11 is 0. The average Bonchev–Trinajstić information content (AvgIpc) is 2.40. The number of nitrogens with zero attached hydrogens (tertiary/aromatic N) is 2. The Kier molecular flexibility index (Phi) is 4.55. The van der Waals surface area contributed by atoms with Crippen LogP contribution in [0.3, 0.4) is 0 Å². The maximum Gasteiger partial charge on any atom is 0.218 e. The maximum absolute atomic E-state index is 5.99. The molecule has 1 aliphatic rings. The van der Waals surface area contributed by atoms with Crippen LogP contribution in [0, 0.1) is 0 Å².